The Morgan fingerprint density at radius 1 is 1.22 bits per heavy atom. The monoisotopic (exact) mass is 388 g/mol. The van der Waals surface area contributed by atoms with E-state index in [-0.39, 0.29) is 6.61 Å². The van der Waals surface area contributed by atoms with Crippen LogP contribution in [0.1, 0.15) is 35.6 Å². The minimum absolute atomic E-state index is 0.173. The van der Waals surface area contributed by atoms with Crippen LogP contribution in [0.2, 0.25) is 0 Å². The molecule has 1 aliphatic heterocycles. The number of amides is 1. The summed E-state index contributed by atoms with van der Waals surface area (Å²) >= 11 is -2.69. The van der Waals surface area contributed by atoms with Crippen LogP contribution in [-0.2, 0) is 26.9 Å². The molecule has 1 saturated heterocycles. The Balaban J connectivity index is 1.74. The number of rotatable bonds is 6. The van der Waals surface area contributed by atoms with E-state index in [1.54, 1.807) is 4.90 Å². The molecule has 0 spiro atoms. The molecule has 144 valence electrons. The van der Waals surface area contributed by atoms with E-state index in [0.717, 1.165) is 23.1 Å². The second-order valence-electron chi connectivity index (χ2n) is 6.57. The molecule has 7 heteroatoms. The van der Waals surface area contributed by atoms with Gasteiger partial charge in [0.2, 0.25) is 0 Å². The first-order chi connectivity index (χ1) is 13.0. The van der Waals surface area contributed by atoms with Gasteiger partial charge < -0.3 is 14.2 Å². The lowest BCUT2D eigenvalue weighted by Crippen LogP contribution is -2.40. The number of benzene rings is 2. The van der Waals surface area contributed by atoms with Crippen molar-refractivity contribution in [2.75, 3.05) is 6.54 Å². The number of likely N-dealkylation sites (tertiary alicyclic amines) is 1. The predicted molar refractivity (Wildman–Crippen MR) is 100 cm³/mol. The standard InChI is InChI=1S/C20H23NO5S/c1-15-9-11-17(12-10-15)19(26-27(23)24)18-8-5-13-21(18)20(22)25-14-16-6-3-2-4-7-16/h2-4,6-7,9-12,18-19H,5,8,13-14H2,1H3,(H,23,24)/p-1. The summed E-state index contributed by atoms with van der Waals surface area (Å²) in [6.07, 6.45) is 0.202. The molecule has 1 aliphatic rings. The maximum absolute atomic E-state index is 12.6. The van der Waals surface area contributed by atoms with Gasteiger partial charge in [-0.25, -0.2) is 9.00 Å². The van der Waals surface area contributed by atoms with Crippen LogP contribution in [0, 0.1) is 6.92 Å². The van der Waals surface area contributed by atoms with E-state index < -0.39 is 29.6 Å². The molecule has 0 radical (unpaired) electrons. The number of hydrogen-bond donors (Lipinski definition) is 0. The number of carbonyl (C=O) groups excluding carboxylic acids is 1. The molecule has 0 aromatic heterocycles. The van der Waals surface area contributed by atoms with E-state index in [9.17, 15) is 13.6 Å². The Kier molecular flexibility index (Phi) is 6.60. The van der Waals surface area contributed by atoms with Crippen molar-refractivity contribution in [3.63, 3.8) is 0 Å². The number of nitrogens with zero attached hydrogens (tertiary/aromatic N) is 1. The summed E-state index contributed by atoms with van der Waals surface area (Å²) in [5.41, 5.74) is 2.68. The average molecular weight is 388 g/mol. The predicted octanol–water partition coefficient (Wildman–Crippen LogP) is 3.65. The van der Waals surface area contributed by atoms with Crippen molar-refractivity contribution in [1.29, 1.82) is 0 Å². The van der Waals surface area contributed by atoms with Gasteiger partial charge in [0.15, 0.2) is 0 Å². The fraction of sp³-hybridized carbons (Fsp3) is 0.350. The topological polar surface area (TPSA) is 78.9 Å². The molecule has 3 unspecified atom stereocenters. The van der Waals surface area contributed by atoms with Crippen LogP contribution in [0.3, 0.4) is 0 Å². The van der Waals surface area contributed by atoms with Crippen LogP contribution in [0.4, 0.5) is 4.79 Å². The van der Waals surface area contributed by atoms with Gasteiger partial charge in [0.05, 0.1) is 17.4 Å². The summed E-state index contributed by atoms with van der Waals surface area (Å²) in [5, 5.41) is 0. The average Bonchev–Trinajstić information content (AvgIpc) is 3.15. The normalized spacial score (nSPS) is 18.9. The molecule has 0 bridgehead atoms. The van der Waals surface area contributed by atoms with Gasteiger partial charge in [-0.3, -0.25) is 4.18 Å². The van der Waals surface area contributed by atoms with Crippen molar-refractivity contribution >= 4 is 17.5 Å². The Morgan fingerprint density at radius 3 is 2.59 bits per heavy atom. The molecule has 6 nitrogen and oxygen atoms in total. The second kappa shape index (κ2) is 9.12. The highest BCUT2D eigenvalue weighted by Crippen LogP contribution is 2.33. The van der Waals surface area contributed by atoms with Gasteiger partial charge in [0.1, 0.15) is 12.7 Å². The quantitative estimate of drug-likeness (QED) is 0.706. The highest BCUT2D eigenvalue weighted by atomic mass is 32.2. The second-order valence-corrected chi connectivity index (χ2v) is 7.18. The number of carbonyl (C=O) groups is 1. The van der Waals surface area contributed by atoms with Crippen molar-refractivity contribution in [1.82, 2.24) is 4.90 Å². The zero-order chi connectivity index (χ0) is 19.2. The molecule has 0 saturated carbocycles. The molecule has 3 rings (SSSR count). The van der Waals surface area contributed by atoms with Gasteiger partial charge in [-0.2, -0.15) is 0 Å². The van der Waals surface area contributed by atoms with Crippen LogP contribution in [0.15, 0.2) is 54.6 Å². The van der Waals surface area contributed by atoms with Gasteiger partial charge in [0, 0.05) is 6.54 Å². The van der Waals surface area contributed by atoms with Crippen molar-refractivity contribution < 1.29 is 22.5 Å². The third kappa shape index (κ3) is 5.15. The van der Waals surface area contributed by atoms with E-state index >= 15 is 0 Å². The Morgan fingerprint density at radius 2 is 1.93 bits per heavy atom. The Labute approximate surface area is 161 Å². The number of ether oxygens (including phenoxy) is 1. The lowest BCUT2D eigenvalue weighted by molar-refractivity contribution is 0.0585. The molecular formula is C20H22NO5S-. The van der Waals surface area contributed by atoms with Crippen LogP contribution in [0.5, 0.6) is 0 Å². The van der Waals surface area contributed by atoms with E-state index in [1.807, 2.05) is 61.5 Å². The molecule has 2 aromatic carbocycles. The third-order valence-corrected chi connectivity index (χ3v) is 5.04. The minimum Gasteiger partial charge on any atom is -0.750 e. The fourth-order valence-corrected chi connectivity index (χ4v) is 3.73. The largest absolute Gasteiger partial charge is 0.750 e. The maximum atomic E-state index is 12.6. The molecule has 1 amide bonds. The highest BCUT2D eigenvalue weighted by Gasteiger charge is 2.37. The molecule has 0 aliphatic carbocycles. The summed E-state index contributed by atoms with van der Waals surface area (Å²) in [5.74, 6) is 0. The highest BCUT2D eigenvalue weighted by molar-refractivity contribution is 7.74. The molecular weight excluding hydrogens is 366 g/mol. The van der Waals surface area contributed by atoms with Crippen molar-refractivity contribution in [2.45, 2.75) is 38.5 Å². The molecule has 3 atom stereocenters. The van der Waals surface area contributed by atoms with Gasteiger partial charge in [-0.1, -0.05) is 60.2 Å². The zero-order valence-electron chi connectivity index (χ0n) is 15.1. The smallest absolute Gasteiger partial charge is 0.410 e. The summed E-state index contributed by atoms with van der Waals surface area (Å²) < 4.78 is 33.1. The molecule has 27 heavy (non-hydrogen) atoms. The van der Waals surface area contributed by atoms with Gasteiger partial charge in [0.25, 0.3) is 0 Å². The molecule has 1 heterocycles. The van der Waals surface area contributed by atoms with Crippen molar-refractivity contribution in [3.05, 3.63) is 71.3 Å². The van der Waals surface area contributed by atoms with E-state index in [0.29, 0.717) is 13.0 Å². The summed E-state index contributed by atoms with van der Waals surface area (Å²) in [6.45, 7) is 2.64. The summed E-state index contributed by atoms with van der Waals surface area (Å²) in [4.78, 5) is 14.2. The Hall–Kier alpha value is -2.22. The van der Waals surface area contributed by atoms with E-state index in [4.69, 9.17) is 8.92 Å². The lowest BCUT2D eigenvalue weighted by Gasteiger charge is -2.31. The van der Waals surface area contributed by atoms with E-state index in [1.165, 1.54) is 0 Å². The number of hydrogen-bond acceptors (Lipinski definition) is 5. The lowest BCUT2D eigenvalue weighted by atomic mass is 9.99. The zero-order valence-corrected chi connectivity index (χ0v) is 15.9. The van der Waals surface area contributed by atoms with Crippen LogP contribution in [-0.4, -0.2) is 32.3 Å². The van der Waals surface area contributed by atoms with Crippen LogP contribution >= 0.6 is 0 Å². The van der Waals surface area contributed by atoms with Gasteiger partial charge in [-0.05, 0) is 30.9 Å². The Bertz CT molecular complexity index is 781. The van der Waals surface area contributed by atoms with Crippen molar-refractivity contribution in [2.24, 2.45) is 0 Å². The number of aryl methyl sites for hydroxylation is 1. The van der Waals surface area contributed by atoms with Gasteiger partial charge in [-0.15, -0.1) is 0 Å². The van der Waals surface area contributed by atoms with Crippen molar-refractivity contribution in [3.8, 4) is 0 Å². The SMILES string of the molecule is Cc1ccc(C(OS(=O)[O-])C2CCCN2C(=O)OCc2ccccc2)cc1. The summed E-state index contributed by atoms with van der Waals surface area (Å²) in [7, 11) is 0. The van der Waals surface area contributed by atoms with Crippen LogP contribution < -0.4 is 0 Å². The van der Waals surface area contributed by atoms with E-state index in [2.05, 4.69) is 0 Å². The molecule has 0 N–H and O–H groups in total. The molecule has 1 fully saturated rings. The summed E-state index contributed by atoms with van der Waals surface area (Å²) in [6, 6.07) is 16.5. The fourth-order valence-electron chi connectivity index (χ4n) is 3.32. The first-order valence-corrected chi connectivity index (χ1v) is 9.85. The first kappa shape index (κ1) is 19.5. The van der Waals surface area contributed by atoms with Crippen LogP contribution in [0.25, 0.3) is 0 Å². The van der Waals surface area contributed by atoms with Gasteiger partial charge >= 0.3 is 6.09 Å². The third-order valence-electron chi connectivity index (χ3n) is 4.68. The molecule has 2 aromatic rings. The minimum atomic E-state index is -2.69. The first-order valence-electron chi connectivity index (χ1n) is 8.85. The maximum Gasteiger partial charge on any atom is 0.410 e.